The molecule has 1 aromatic rings. The molecule has 130 valence electrons. The number of nitrogens with zero attached hydrogens (tertiary/aromatic N) is 2. The molecular formula is C18H31IN4. The van der Waals surface area contributed by atoms with Crippen molar-refractivity contribution in [1.82, 2.24) is 10.2 Å². The van der Waals surface area contributed by atoms with E-state index in [0.717, 1.165) is 45.6 Å². The van der Waals surface area contributed by atoms with Gasteiger partial charge in [0, 0.05) is 32.7 Å². The minimum atomic E-state index is 0. The molecule has 0 unspecified atom stereocenters. The van der Waals surface area contributed by atoms with Crippen molar-refractivity contribution in [2.75, 3.05) is 26.2 Å². The summed E-state index contributed by atoms with van der Waals surface area (Å²) in [6.07, 6.45) is 3.36. The average molecular weight is 430 g/mol. The lowest BCUT2D eigenvalue weighted by Gasteiger charge is -2.28. The van der Waals surface area contributed by atoms with Gasteiger partial charge in [0.15, 0.2) is 5.96 Å². The SMILES string of the molecule is CC(C)CCNC(N)=NCCCN1CCc2ccccc2C1.I. The number of nitrogens with two attached hydrogens (primary N) is 1. The molecule has 0 saturated heterocycles. The Kier molecular flexibility index (Phi) is 9.55. The first-order chi connectivity index (χ1) is 10.6. The van der Waals surface area contributed by atoms with Gasteiger partial charge in [0.1, 0.15) is 0 Å². The van der Waals surface area contributed by atoms with E-state index in [1.165, 1.54) is 17.5 Å². The number of rotatable bonds is 7. The van der Waals surface area contributed by atoms with E-state index in [1.54, 1.807) is 0 Å². The number of benzene rings is 1. The van der Waals surface area contributed by atoms with Crippen LogP contribution >= 0.6 is 24.0 Å². The Hall–Kier alpha value is -0.820. The zero-order chi connectivity index (χ0) is 15.8. The number of guanidine groups is 1. The largest absolute Gasteiger partial charge is 0.370 e. The highest BCUT2D eigenvalue weighted by atomic mass is 127. The Morgan fingerprint density at radius 1 is 1.30 bits per heavy atom. The summed E-state index contributed by atoms with van der Waals surface area (Å²) in [6, 6.07) is 8.77. The van der Waals surface area contributed by atoms with E-state index in [2.05, 4.69) is 53.3 Å². The van der Waals surface area contributed by atoms with Crippen LogP contribution in [0.3, 0.4) is 0 Å². The molecule has 0 radical (unpaired) electrons. The summed E-state index contributed by atoms with van der Waals surface area (Å²) in [4.78, 5) is 6.92. The molecule has 0 aliphatic carbocycles. The third-order valence-corrected chi connectivity index (χ3v) is 4.15. The number of halogens is 1. The van der Waals surface area contributed by atoms with E-state index in [-0.39, 0.29) is 24.0 Å². The highest BCUT2D eigenvalue weighted by Crippen LogP contribution is 2.18. The molecule has 0 spiro atoms. The zero-order valence-electron chi connectivity index (χ0n) is 14.4. The van der Waals surface area contributed by atoms with Gasteiger partial charge in [-0.2, -0.15) is 0 Å². The highest BCUT2D eigenvalue weighted by molar-refractivity contribution is 14.0. The molecule has 5 heteroatoms. The fraction of sp³-hybridized carbons (Fsp3) is 0.611. The van der Waals surface area contributed by atoms with E-state index in [0.29, 0.717) is 11.9 Å². The van der Waals surface area contributed by atoms with Crippen LogP contribution in [0.2, 0.25) is 0 Å². The van der Waals surface area contributed by atoms with Crippen LogP contribution in [0.15, 0.2) is 29.3 Å². The molecule has 2 rings (SSSR count). The van der Waals surface area contributed by atoms with E-state index in [9.17, 15) is 0 Å². The van der Waals surface area contributed by atoms with Gasteiger partial charge in [-0.1, -0.05) is 38.1 Å². The quantitative estimate of drug-likeness (QED) is 0.303. The molecule has 1 aliphatic heterocycles. The van der Waals surface area contributed by atoms with Crippen LogP contribution < -0.4 is 11.1 Å². The Labute approximate surface area is 157 Å². The Bertz CT molecular complexity index is 488. The molecule has 3 N–H and O–H groups in total. The van der Waals surface area contributed by atoms with Crippen LogP contribution in [0.25, 0.3) is 0 Å². The van der Waals surface area contributed by atoms with Crippen LogP contribution in [0.4, 0.5) is 0 Å². The lowest BCUT2D eigenvalue weighted by atomic mass is 10.00. The number of aliphatic imine (C=N–C) groups is 1. The summed E-state index contributed by atoms with van der Waals surface area (Å²) in [5.74, 6) is 1.28. The molecule has 1 aromatic carbocycles. The van der Waals surface area contributed by atoms with Crippen molar-refractivity contribution in [1.29, 1.82) is 0 Å². The van der Waals surface area contributed by atoms with Crippen molar-refractivity contribution in [2.45, 2.75) is 39.7 Å². The maximum absolute atomic E-state index is 5.87. The number of hydrogen-bond donors (Lipinski definition) is 2. The first-order valence-corrected chi connectivity index (χ1v) is 8.48. The fourth-order valence-corrected chi connectivity index (χ4v) is 2.78. The summed E-state index contributed by atoms with van der Waals surface area (Å²) in [5.41, 5.74) is 8.86. The molecule has 1 heterocycles. The van der Waals surface area contributed by atoms with Crippen molar-refractivity contribution < 1.29 is 0 Å². The van der Waals surface area contributed by atoms with Crippen molar-refractivity contribution in [3.8, 4) is 0 Å². The van der Waals surface area contributed by atoms with E-state index in [1.807, 2.05) is 0 Å². The summed E-state index contributed by atoms with van der Waals surface area (Å²) >= 11 is 0. The first kappa shape index (κ1) is 20.2. The van der Waals surface area contributed by atoms with Crippen LogP contribution in [0, 0.1) is 5.92 Å². The van der Waals surface area contributed by atoms with Crippen molar-refractivity contribution in [3.05, 3.63) is 35.4 Å². The molecule has 0 aromatic heterocycles. The van der Waals surface area contributed by atoms with E-state index >= 15 is 0 Å². The Morgan fingerprint density at radius 3 is 2.78 bits per heavy atom. The Balaban J connectivity index is 0.00000264. The van der Waals surface area contributed by atoms with Gasteiger partial charge in [0.25, 0.3) is 0 Å². The first-order valence-electron chi connectivity index (χ1n) is 8.48. The number of nitrogens with one attached hydrogen (secondary N) is 1. The van der Waals surface area contributed by atoms with E-state index < -0.39 is 0 Å². The molecule has 4 nitrogen and oxygen atoms in total. The second-order valence-electron chi connectivity index (χ2n) is 6.52. The predicted molar refractivity (Wildman–Crippen MR) is 109 cm³/mol. The molecule has 0 bridgehead atoms. The standard InChI is InChI=1S/C18H30N4.HI/c1-15(2)8-11-21-18(19)20-10-5-12-22-13-9-16-6-3-4-7-17(16)14-22;/h3-4,6-7,15H,5,8-14H2,1-2H3,(H3,19,20,21);1H. The van der Waals surface area contributed by atoms with Crippen LogP contribution in [-0.4, -0.2) is 37.0 Å². The van der Waals surface area contributed by atoms with Gasteiger partial charge in [0.05, 0.1) is 0 Å². The van der Waals surface area contributed by atoms with Crippen LogP contribution in [-0.2, 0) is 13.0 Å². The van der Waals surface area contributed by atoms with Crippen LogP contribution in [0.5, 0.6) is 0 Å². The minimum Gasteiger partial charge on any atom is -0.370 e. The summed E-state index contributed by atoms with van der Waals surface area (Å²) in [5, 5.41) is 3.18. The summed E-state index contributed by atoms with van der Waals surface area (Å²) in [6.45, 7) is 9.47. The third-order valence-electron chi connectivity index (χ3n) is 4.15. The second-order valence-corrected chi connectivity index (χ2v) is 6.52. The maximum Gasteiger partial charge on any atom is 0.188 e. The summed E-state index contributed by atoms with van der Waals surface area (Å²) < 4.78 is 0. The van der Waals surface area contributed by atoms with Gasteiger partial charge in [-0.05, 0) is 36.3 Å². The lowest BCUT2D eigenvalue weighted by molar-refractivity contribution is 0.252. The van der Waals surface area contributed by atoms with Gasteiger partial charge in [-0.25, -0.2) is 0 Å². The molecule has 0 atom stereocenters. The zero-order valence-corrected chi connectivity index (χ0v) is 16.8. The maximum atomic E-state index is 5.87. The topological polar surface area (TPSA) is 53.6 Å². The second kappa shape index (κ2) is 10.9. The van der Waals surface area contributed by atoms with Crippen molar-refractivity contribution in [3.63, 3.8) is 0 Å². The van der Waals surface area contributed by atoms with Gasteiger partial charge < -0.3 is 11.1 Å². The lowest BCUT2D eigenvalue weighted by Crippen LogP contribution is -2.34. The molecule has 0 fully saturated rings. The molecular weight excluding hydrogens is 399 g/mol. The molecule has 23 heavy (non-hydrogen) atoms. The minimum absolute atomic E-state index is 0. The fourth-order valence-electron chi connectivity index (χ4n) is 2.78. The van der Waals surface area contributed by atoms with Crippen LogP contribution in [0.1, 0.15) is 37.8 Å². The smallest absolute Gasteiger partial charge is 0.188 e. The van der Waals surface area contributed by atoms with E-state index in [4.69, 9.17) is 5.73 Å². The summed E-state index contributed by atoms with van der Waals surface area (Å²) in [7, 11) is 0. The molecule has 0 amide bonds. The third kappa shape index (κ3) is 7.52. The predicted octanol–water partition coefficient (Wildman–Crippen LogP) is 3.00. The van der Waals surface area contributed by atoms with Gasteiger partial charge in [-0.3, -0.25) is 9.89 Å². The normalized spacial score (nSPS) is 15.2. The van der Waals surface area contributed by atoms with Gasteiger partial charge in [-0.15, -0.1) is 24.0 Å². The van der Waals surface area contributed by atoms with Gasteiger partial charge >= 0.3 is 0 Å². The molecule has 1 aliphatic rings. The van der Waals surface area contributed by atoms with Crippen molar-refractivity contribution >= 4 is 29.9 Å². The number of hydrogen-bond acceptors (Lipinski definition) is 2. The number of fused-ring (bicyclic) bond motifs is 1. The van der Waals surface area contributed by atoms with Crippen molar-refractivity contribution in [2.24, 2.45) is 16.6 Å². The Morgan fingerprint density at radius 2 is 2.04 bits per heavy atom. The highest BCUT2D eigenvalue weighted by Gasteiger charge is 2.14. The average Bonchev–Trinajstić information content (AvgIpc) is 2.51. The molecule has 0 saturated carbocycles. The van der Waals surface area contributed by atoms with Gasteiger partial charge in [0.2, 0.25) is 0 Å². The monoisotopic (exact) mass is 430 g/mol.